The fourth-order valence-corrected chi connectivity index (χ4v) is 2.92. The Kier molecular flexibility index (Phi) is 3.53. The molecule has 1 saturated heterocycles. The molecule has 1 aromatic carbocycles. The maximum atomic E-state index is 6.05. The highest BCUT2D eigenvalue weighted by atomic mass is 15.1. The molecule has 3 nitrogen and oxygen atoms in total. The van der Waals surface area contributed by atoms with Gasteiger partial charge in [0.2, 0.25) is 0 Å². The van der Waals surface area contributed by atoms with Gasteiger partial charge in [-0.2, -0.15) is 0 Å². The zero-order chi connectivity index (χ0) is 13.1. The van der Waals surface area contributed by atoms with Crippen LogP contribution in [0.25, 0.3) is 10.9 Å². The second kappa shape index (κ2) is 5.47. The van der Waals surface area contributed by atoms with Gasteiger partial charge in [-0.05, 0) is 37.1 Å². The highest BCUT2D eigenvalue weighted by Crippen LogP contribution is 2.30. The monoisotopic (exact) mass is 255 g/mol. The molecule has 0 aliphatic carbocycles. The van der Waals surface area contributed by atoms with E-state index < -0.39 is 0 Å². The number of nitrogens with zero attached hydrogens (tertiary/aromatic N) is 2. The number of pyridine rings is 1. The summed E-state index contributed by atoms with van der Waals surface area (Å²) in [6, 6.07) is 8.16. The van der Waals surface area contributed by atoms with Gasteiger partial charge in [-0.1, -0.05) is 19.3 Å². The van der Waals surface area contributed by atoms with Crippen molar-refractivity contribution in [1.82, 2.24) is 4.98 Å². The number of benzene rings is 1. The second-order valence-electron chi connectivity index (χ2n) is 5.33. The third-order valence-corrected chi connectivity index (χ3v) is 3.98. The third-order valence-electron chi connectivity index (χ3n) is 3.98. The standard InChI is InChI=1S/C16H21N3/c17-14-8-9-15(16-13(14)7-6-10-18-16)19-11-4-2-1-3-5-12-19/h6-10H,1-5,11-12,17H2. The summed E-state index contributed by atoms with van der Waals surface area (Å²) in [5, 5.41) is 1.07. The van der Waals surface area contributed by atoms with Crippen LogP contribution in [-0.2, 0) is 0 Å². The maximum Gasteiger partial charge on any atom is 0.0955 e. The summed E-state index contributed by atoms with van der Waals surface area (Å²) in [6.45, 7) is 2.27. The van der Waals surface area contributed by atoms with E-state index in [0.29, 0.717) is 0 Å². The molecule has 2 heterocycles. The lowest BCUT2D eigenvalue weighted by Crippen LogP contribution is -2.27. The number of hydrogen-bond donors (Lipinski definition) is 1. The molecule has 0 radical (unpaired) electrons. The number of nitrogens with two attached hydrogens (primary N) is 1. The Morgan fingerprint density at radius 3 is 2.47 bits per heavy atom. The van der Waals surface area contributed by atoms with Crippen molar-refractivity contribution in [2.24, 2.45) is 0 Å². The van der Waals surface area contributed by atoms with E-state index in [0.717, 1.165) is 29.7 Å². The van der Waals surface area contributed by atoms with Gasteiger partial charge in [-0.15, -0.1) is 0 Å². The Bertz CT molecular complexity index is 557. The van der Waals surface area contributed by atoms with Crippen molar-refractivity contribution in [1.29, 1.82) is 0 Å². The smallest absolute Gasteiger partial charge is 0.0955 e. The number of aromatic nitrogens is 1. The molecular formula is C16H21N3. The van der Waals surface area contributed by atoms with Gasteiger partial charge in [0.25, 0.3) is 0 Å². The van der Waals surface area contributed by atoms with Crippen LogP contribution in [0, 0.1) is 0 Å². The fraction of sp³-hybridized carbons (Fsp3) is 0.438. The lowest BCUT2D eigenvalue weighted by molar-refractivity contribution is 0.557. The molecule has 0 unspecified atom stereocenters. The molecular weight excluding hydrogens is 234 g/mol. The molecule has 3 heteroatoms. The number of anilines is 2. The van der Waals surface area contributed by atoms with E-state index in [1.165, 1.54) is 37.8 Å². The van der Waals surface area contributed by atoms with Crippen molar-refractivity contribution in [2.45, 2.75) is 32.1 Å². The first-order valence-electron chi connectivity index (χ1n) is 7.24. The molecule has 100 valence electrons. The first kappa shape index (κ1) is 12.3. The van der Waals surface area contributed by atoms with Crippen LogP contribution in [0.15, 0.2) is 30.5 Å². The summed E-state index contributed by atoms with van der Waals surface area (Å²) in [5.41, 5.74) is 9.16. The minimum atomic E-state index is 0.818. The van der Waals surface area contributed by atoms with E-state index in [1.54, 1.807) is 0 Å². The Morgan fingerprint density at radius 2 is 1.68 bits per heavy atom. The molecule has 2 aromatic rings. The van der Waals surface area contributed by atoms with E-state index in [4.69, 9.17) is 5.73 Å². The number of nitrogen functional groups attached to an aromatic ring is 1. The van der Waals surface area contributed by atoms with Gasteiger partial charge in [0, 0.05) is 30.4 Å². The number of fused-ring (bicyclic) bond motifs is 1. The number of hydrogen-bond acceptors (Lipinski definition) is 3. The molecule has 1 aliphatic rings. The zero-order valence-electron chi connectivity index (χ0n) is 11.3. The molecule has 3 rings (SSSR count). The SMILES string of the molecule is Nc1ccc(N2CCCCCCC2)c2ncccc12. The largest absolute Gasteiger partial charge is 0.398 e. The molecule has 0 saturated carbocycles. The summed E-state index contributed by atoms with van der Waals surface area (Å²) >= 11 is 0. The molecule has 1 aliphatic heterocycles. The van der Waals surface area contributed by atoms with Crippen molar-refractivity contribution in [3.05, 3.63) is 30.5 Å². The molecule has 1 aromatic heterocycles. The normalized spacial score (nSPS) is 17.2. The van der Waals surface area contributed by atoms with E-state index in [1.807, 2.05) is 18.3 Å². The minimum absolute atomic E-state index is 0.818. The summed E-state index contributed by atoms with van der Waals surface area (Å²) in [5.74, 6) is 0. The lowest BCUT2D eigenvalue weighted by Gasteiger charge is -2.27. The van der Waals surface area contributed by atoms with Gasteiger partial charge in [0.05, 0.1) is 11.2 Å². The van der Waals surface area contributed by atoms with Crippen LogP contribution in [0.4, 0.5) is 11.4 Å². The second-order valence-corrected chi connectivity index (χ2v) is 5.33. The molecule has 0 bridgehead atoms. The molecule has 0 amide bonds. The van der Waals surface area contributed by atoms with Crippen molar-refractivity contribution in [3.63, 3.8) is 0 Å². The van der Waals surface area contributed by atoms with Crippen molar-refractivity contribution in [2.75, 3.05) is 23.7 Å². The first-order valence-corrected chi connectivity index (χ1v) is 7.24. The van der Waals surface area contributed by atoms with Crippen LogP contribution < -0.4 is 10.6 Å². The van der Waals surface area contributed by atoms with Gasteiger partial charge in [0.1, 0.15) is 0 Å². The Balaban J connectivity index is 2.01. The van der Waals surface area contributed by atoms with Gasteiger partial charge >= 0.3 is 0 Å². The van der Waals surface area contributed by atoms with E-state index >= 15 is 0 Å². The van der Waals surface area contributed by atoms with Crippen molar-refractivity contribution in [3.8, 4) is 0 Å². The highest BCUT2D eigenvalue weighted by Gasteiger charge is 2.13. The highest BCUT2D eigenvalue weighted by molar-refractivity contribution is 5.98. The maximum absolute atomic E-state index is 6.05. The van der Waals surface area contributed by atoms with E-state index in [9.17, 15) is 0 Å². The Morgan fingerprint density at radius 1 is 0.947 bits per heavy atom. The van der Waals surface area contributed by atoms with Crippen LogP contribution in [0.2, 0.25) is 0 Å². The van der Waals surface area contributed by atoms with E-state index in [2.05, 4.69) is 22.0 Å². The Labute approximate surface area is 114 Å². The lowest BCUT2D eigenvalue weighted by atomic mass is 10.1. The predicted molar refractivity (Wildman–Crippen MR) is 81.5 cm³/mol. The average Bonchev–Trinajstić information content (AvgIpc) is 2.40. The van der Waals surface area contributed by atoms with Crippen LogP contribution in [0.5, 0.6) is 0 Å². The third kappa shape index (κ3) is 2.50. The van der Waals surface area contributed by atoms with Crippen LogP contribution in [0.1, 0.15) is 32.1 Å². The first-order chi connectivity index (χ1) is 9.36. The quantitative estimate of drug-likeness (QED) is 0.792. The molecule has 19 heavy (non-hydrogen) atoms. The minimum Gasteiger partial charge on any atom is -0.398 e. The predicted octanol–water partition coefficient (Wildman–Crippen LogP) is 3.59. The van der Waals surface area contributed by atoms with E-state index in [-0.39, 0.29) is 0 Å². The molecule has 1 fully saturated rings. The topological polar surface area (TPSA) is 42.1 Å². The average molecular weight is 255 g/mol. The van der Waals surface area contributed by atoms with Gasteiger partial charge in [-0.25, -0.2) is 0 Å². The number of rotatable bonds is 1. The summed E-state index contributed by atoms with van der Waals surface area (Å²) in [6.07, 6.45) is 8.48. The van der Waals surface area contributed by atoms with Crippen LogP contribution in [-0.4, -0.2) is 18.1 Å². The van der Waals surface area contributed by atoms with Gasteiger partial charge < -0.3 is 10.6 Å². The summed E-state index contributed by atoms with van der Waals surface area (Å²) in [4.78, 5) is 7.03. The van der Waals surface area contributed by atoms with Crippen molar-refractivity contribution >= 4 is 22.3 Å². The summed E-state index contributed by atoms with van der Waals surface area (Å²) in [7, 11) is 0. The van der Waals surface area contributed by atoms with Gasteiger partial charge in [0.15, 0.2) is 0 Å². The fourth-order valence-electron chi connectivity index (χ4n) is 2.92. The Hall–Kier alpha value is -1.77. The molecule has 0 atom stereocenters. The van der Waals surface area contributed by atoms with Gasteiger partial charge in [-0.3, -0.25) is 4.98 Å². The van der Waals surface area contributed by atoms with Crippen LogP contribution in [0.3, 0.4) is 0 Å². The summed E-state index contributed by atoms with van der Waals surface area (Å²) < 4.78 is 0. The van der Waals surface area contributed by atoms with Crippen LogP contribution >= 0.6 is 0 Å². The molecule has 2 N–H and O–H groups in total. The molecule has 0 spiro atoms. The zero-order valence-corrected chi connectivity index (χ0v) is 11.3. The van der Waals surface area contributed by atoms with Crippen molar-refractivity contribution < 1.29 is 0 Å².